The lowest BCUT2D eigenvalue weighted by molar-refractivity contribution is -0.121. The number of rotatable bonds is 9. The highest BCUT2D eigenvalue weighted by Crippen LogP contribution is 2.21. The zero-order valence-electron chi connectivity index (χ0n) is 15.4. The Hall–Kier alpha value is -1.66. The quantitative estimate of drug-likeness (QED) is 0.698. The van der Waals surface area contributed by atoms with Gasteiger partial charge in [0, 0.05) is 30.1 Å². The van der Waals surface area contributed by atoms with Crippen molar-refractivity contribution in [1.29, 1.82) is 0 Å². The van der Waals surface area contributed by atoms with Gasteiger partial charge in [-0.3, -0.25) is 14.5 Å². The largest absolute Gasteiger partial charge is 0.383 e. The van der Waals surface area contributed by atoms with Crippen LogP contribution in [0.15, 0.2) is 6.07 Å². The number of carbonyl (C=O) groups is 2. The van der Waals surface area contributed by atoms with Crippen LogP contribution in [-0.2, 0) is 9.53 Å². The number of amides is 1. The van der Waals surface area contributed by atoms with Gasteiger partial charge >= 0.3 is 0 Å². The maximum Gasteiger partial charge on any atom is 0.234 e. The topological polar surface area (TPSA) is 63.6 Å². The molecule has 24 heavy (non-hydrogen) atoms. The van der Waals surface area contributed by atoms with Gasteiger partial charge in [-0.05, 0) is 46.7 Å². The monoisotopic (exact) mass is 335 g/mol. The van der Waals surface area contributed by atoms with Crippen molar-refractivity contribution >= 4 is 11.7 Å². The average molecular weight is 335 g/mol. The van der Waals surface area contributed by atoms with Gasteiger partial charge in [0.1, 0.15) is 0 Å². The van der Waals surface area contributed by atoms with Crippen LogP contribution in [0, 0.1) is 13.8 Å². The van der Waals surface area contributed by atoms with Gasteiger partial charge in [-0.1, -0.05) is 0 Å². The Balaban J connectivity index is 1.98. The van der Waals surface area contributed by atoms with E-state index in [0.29, 0.717) is 12.6 Å². The zero-order chi connectivity index (χ0) is 17.9. The molecule has 0 bridgehead atoms. The zero-order valence-corrected chi connectivity index (χ0v) is 15.4. The fourth-order valence-corrected chi connectivity index (χ4v) is 3.19. The van der Waals surface area contributed by atoms with Crippen molar-refractivity contribution in [3.63, 3.8) is 0 Å². The summed E-state index contributed by atoms with van der Waals surface area (Å²) in [6.45, 7) is 7.13. The van der Waals surface area contributed by atoms with Crippen LogP contribution in [0.5, 0.6) is 0 Å². The molecule has 1 aromatic rings. The Morgan fingerprint density at radius 2 is 2.04 bits per heavy atom. The van der Waals surface area contributed by atoms with E-state index in [4.69, 9.17) is 4.74 Å². The number of aromatic nitrogens is 1. The highest BCUT2D eigenvalue weighted by atomic mass is 16.5. The van der Waals surface area contributed by atoms with Crippen LogP contribution >= 0.6 is 0 Å². The number of aryl methyl sites for hydroxylation is 1. The van der Waals surface area contributed by atoms with E-state index in [2.05, 4.69) is 16.8 Å². The smallest absolute Gasteiger partial charge is 0.234 e. The van der Waals surface area contributed by atoms with Crippen LogP contribution in [0.4, 0.5) is 0 Å². The standard InChI is InChI=1S/C18H29N3O3/c1-12-8-16(14(3)21(12)13(2)11-24-5)17(22)9-20(4)10-18(23)19-15-6-7-15/h8,13,15H,6-7,9-11H2,1-5H3,(H,19,23)/t13-/m0/s1. The van der Waals surface area contributed by atoms with E-state index >= 15 is 0 Å². The summed E-state index contributed by atoms with van der Waals surface area (Å²) in [4.78, 5) is 26.2. The lowest BCUT2D eigenvalue weighted by Crippen LogP contribution is -2.38. The van der Waals surface area contributed by atoms with Gasteiger partial charge in [0.05, 0.1) is 25.7 Å². The molecule has 6 heteroatoms. The highest BCUT2D eigenvalue weighted by Gasteiger charge is 2.24. The molecule has 0 aromatic carbocycles. The van der Waals surface area contributed by atoms with E-state index in [1.807, 2.05) is 19.9 Å². The second-order valence-electron chi connectivity index (χ2n) is 6.90. The third-order valence-electron chi connectivity index (χ3n) is 4.40. The predicted molar refractivity (Wildman–Crippen MR) is 93.5 cm³/mol. The van der Waals surface area contributed by atoms with Crippen LogP contribution < -0.4 is 5.32 Å². The van der Waals surface area contributed by atoms with E-state index in [1.165, 1.54) is 0 Å². The summed E-state index contributed by atoms with van der Waals surface area (Å²) in [5, 5.41) is 2.94. The number of carbonyl (C=O) groups excluding carboxylic acids is 2. The lowest BCUT2D eigenvalue weighted by atomic mass is 10.1. The number of hydrogen-bond donors (Lipinski definition) is 1. The van der Waals surface area contributed by atoms with Crippen LogP contribution in [-0.4, -0.2) is 61.1 Å². The molecule has 1 N–H and O–H groups in total. The first-order chi connectivity index (χ1) is 11.3. The summed E-state index contributed by atoms with van der Waals surface area (Å²) in [6.07, 6.45) is 2.14. The number of ketones is 1. The van der Waals surface area contributed by atoms with Crippen LogP contribution in [0.25, 0.3) is 0 Å². The Bertz CT molecular complexity index is 605. The molecule has 0 aliphatic heterocycles. The second-order valence-corrected chi connectivity index (χ2v) is 6.90. The van der Waals surface area contributed by atoms with Gasteiger partial charge in [0.2, 0.25) is 5.91 Å². The summed E-state index contributed by atoms with van der Waals surface area (Å²) in [6, 6.07) is 2.46. The molecule has 1 aliphatic rings. The molecule has 2 rings (SSSR count). The molecule has 1 aliphatic carbocycles. The summed E-state index contributed by atoms with van der Waals surface area (Å²) >= 11 is 0. The van der Waals surface area contributed by atoms with Crippen molar-refractivity contribution in [3.05, 3.63) is 23.0 Å². The van der Waals surface area contributed by atoms with E-state index in [-0.39, 0.29) is 30.8 Å². The molecule has 6 nitrogen and oxygen atoms in total. The minimum atomic E-state index is -0.00742. The van der Waals surface area contributed by atoms with E-state index < -0.39 is 0 Å². The molecule has 1 atom stereocenters. The minimum absolute atomic E-state index is 0.00742. The lowest BCUT2D eigenvalue weighted by Gasteiger charge is -2.18. The Morgan fingerprint density at radius 1 is 1.38 bits per heavy atom. The van der Waals surface area contributed by atoms with Gasteiger partial charge < -0.3 is 14.6 Å². The number of methoxy groups -OCH3 is 1. The van der Waals surface area contributed by atoms with Crippen LogP contribution in [0.1, 0.15) is 47.6 Å². The minimum Gasteiger partial charge on any atom is -0.383 e. The fraction of sp³-hybridized carbons (Fsp3) is 0.667. The van der Waals surface area contributed by atoms with Gasteiger partial charge in [0.15, 0.2) is 5.78 Å². The molecule has 0 spiro atoms. The molecular formula is C18H29N3O3. The highest BCUT2D eigenvalue weighted by molar-refractivity contribution is 5.99. The maximum atomic E-state index is 12.6. The number of nitrogens with zero attached hydrogens (tertiary/aromatic N) is 2. The number of likely N-dealkylation sites (N-methyl/N-ethyl adjacent to an activating group) is 1. The van der Waals surface area contributed by atoms with Crippen LogP contribution in [0.3, 0.4) is 0 Å². The number of ether oxygens (including phenoxy) is 1. The first-order valence-electron chi connectivity index (χ1n) is 8.52. The maximum absolute atomic E-state index is 12.6. The van der Waals surface area contributed by atoms with Crippen molar-refractivity contribution in [3.8, 4) is 0 Å². The van der Waals surface area contributed by atoms with E-state index in [0.717, 1.165) is 29.8 Å². The molecular weight excluding hydrogens is 306 g/mol. The molecule has 134 valence electrons. The summed E-state index contributed by atoms with van der Waals surface area (Å²) < 4.78 is 7.36. The summed E-state index contributed by atoms with van der Waals surface area (Å²) in [7, 11) is 3.48. The molecule has 0 saturated heterocycles. The SMILES string of the molecule is COC[C@H](C)n1c(C)cc(C(=O)CN(C)CC(=O)NC2CC2)c1C. The molecule has 0 radical (unpaired) electrons. The van der Waals surface area contributed by atoms with E-state index in [9.17, 15) is 9.59 Å². The molecule has 1 amide bonds. The molecule has 1 heterocycles. The molecule has 1 aromatic heterocycles. The van der Waals surface area contributed by atoms with E-state index in [1.54, 1.807) is 19.1 Å². The van der Waals surface area contributed by atoms with Crippen molar-refractivity contribution in [2.45, 2.75) is 45.7 Å². The molecule has 0 unspecified atom stereocenters. The fourth-order valence-electron chi connectivity index (χ4n) is 3.19. The van der Waals surface area contributed by atoms with Crippen LogP contribution in [0.2, 0.25) is 0 Å². The first kappa shape index (κ1) is 18.7. The normalized spacial score (nSPS) is 15.6. The third kappa shape index (κ3) is 4.68. The predicted octanol–water partition coefficient (Wildman–Crippen LogP) is 1.71. The van der Waals surface area contributed by atoms with Gasteiger partial charge in [0.25, 0.3) is 0 Å². The van der Waals surface area contributed by atoms with Crippen molar-refractivity contribution in [1.82, 2.24) is 14.8 Å². The Labute approximate surface area is 144 Å². The van der Waals surface area contributed by atoms with Gasteiger partial charge in [-0.2, -0.15) is 0 Å². The van der Waals surface area contributed by atoms with Crippen molar-refractivity contribution in [2.24, 2.45) is 0 Å². The number of hydrogen-bond acceptors (Lipinski definition) is 4. The van der Waals surface area contributed by atoms with Crippen molar-refractivity contribution in [2.75, 3.05) is 33.9 Å². The number of nitrogens with one attached hydrogen (secondary N) is 1. The molecule has 1 saturated carbocycles. The Kier molecular flexibility index (Phi) is 6.18. The summed E-state index contributed by atoms with van der Waals surface area (Å²) in [5.41, 5.74) is 2.73. The van der Waals surface area contributed by atoms with Gasteiger partial charge in [-0.15, -0.1) is 0 Å². The van der Waals surface area contributed by atoms with Crippen molar-refractivity contribution < 1.29 is 14.3 Å². The average Bonchev–Trinajstić information content (AvgIpc) is 3.22. The number of Topliss-reactive ketones (excluding diaryl/α,β-unsaturated/α-hetero) is 1. The first-order valence-corrected chi connectivity index (χ1v) is 8.52. The Morgan fingerprint density at radius 3 is 2.62 bits per heavy atom. The third-order valence-corrected chi connectivity index (χ3v) is 4.40. The van der Waals surface area contributed by atoms with Gasteiger partial charge in [-0.25, -0.2) is 0 Å². The second kappa shape index (κ2) is 7.94. The molecule has 1 fully saturated rings. The summed E-state index contributed by atoms with van der Waals surface area (Å²) in [5.74, 6) is 0.0349.